The topological polar surface area (TPSA) is 72.6 Å². The molecule has 2 heterocycles. The van der Waals surface area contributed by atoms with E-state index < -0.39 is 10.0 Å². The number of nitrogens with zero attached hydrogens (tertiary/aromatic N) is 1. The summed E-state index contributed by atoms with van der Waals surface area (Å²) in [6.07, 6.45) is 1.44. The van der Waals surface area contributed by atoms with Gasteiger partial charge in [-0.2, -0.15) is 4.31 Å². The van der Waals surface area contributed by atoms with Crippen molar-refractivity contribution in [1.82, 2.24) is 4.31 Å². The van der Waals surface area contributed by atoms with Crippen molar-refractivity contribution < 1.29 is 13.2 Å². The second-order valence-corrected chi connectivity index (χ2v) is 9.35. The maximum absolute atomic E-state index is 12.8. The van der Waals surface area contributed by atoms with E-state index in [4.69, 9.17) is 10.5 Å². The first-order valence-corrected chi connectivity index (χ1v) is 9.45. The van der Waals surface area contributed by atoms with Crippen molar-refractivity contribution in [2.75, 3.05) is 20.2 Å². The molecule has 0 amide bonds. The zero-order chi connectivity index (χ0) is 14.9. The van der Waals surface area contributed by atoms with E-state index in [1.807, 2.05) is 6.92 Å². The van der Waals surface area contributed by atoms with Crippen molar-refractivity contribution in [2.45, 2.75) is 36.8 Å². The zero-order valence-electron chi connectivity index (χ0n) is 11.9. The maximum Gasteiger partial charge on any atom is 0.244 e. The molecule has 1 saturated heterocycles. The molecule has 2 atom stereocenters. The Labute approximate surface area is 144 Å². The molecule has 2 N–H and O–H groups in total. The fraction of sp³-hybridized carbons (Fsp3) is 0.667. The predicted molar refractivity (Wildman–Crippen MR) is 90.8 cm³/mol. The van der Waals surface area contributed by atoms with Gasteiger partial charge in [0.15, 0.2) is 0 Å². The van der Waals surface area contributed by atoms with E-state index in [1.165, 1.54) is 15.6 Å². The Kier molecular flexibility index (Phi) is 7.11. The summed E-state index contributed by atoms with van der Waals surface area (Å²) in [7, 11) is -1.83. The van der Waals surface area contributed by atoms with Crippen LogP contribution in [0.5, 0.6) is 0 Å². The van der Waals surface area contributed by atoms with Gasteiger partial charge in [0.1, 0.15) is 0 Å². The first-order valence-electron chi connectivity index (χ1n) is 6.40. The molecular formula is C12H20BrClN2O3S2. The molecule has 0 saturated carbocycles. The summed E-state index contributed by atoms with van der Waals surface area (Å²) in [6, 6.07) is 1.47. The Morgan fingerprint density at radius 2 is 2.24 bits per heavy atom. The lowest BCUT2D eigenvalue weighted by atomic mass is 10.0. The standard InChI is InChI=1S/C12H19BrN2O3S2.ClH/c1-8-11(6-12(13)19-8)20(16,17)15-4-3-10(18-2)5-9(15)7-14;/h6,9-10H,3-5,7,14H2,1-2H3;1H. The van der Waals surface area contributed by atoms with Crippen LogP contribution in [0.25, 0.3) is 0 Å². The van der Waals surface area contributed by atoms with Crippen LogP contribution >= 0.6 is 39.7 Å². The fourth-order valence-corrected chi connectivity index (χ4v) is 6.60. The van der Waals surface area contributed by atoms with Gasteiger partial charge in [0.05, 0.1) is 14.8 Å². The number of sulfonamides is 1. The Balaban J connectivity index is 0.00000220. The fourth-order valence-electron chi connectivity index (χ4n) is 2.55. The van der Waals surface area contributed by atoms with Crippen LogP contribution in [0.3, 0.4) is 0 Å². The summed E-state index contributed by atoms with van der Waals surface area (Å²) in [4.78, 5) is 1.17. The summed E-state index contributed by atoms with van der Waals surface area (Å²) in [5, 5.41) is 0. The quantitative estimate of drug-likeness (QED) is 0.813. The predicted octanol–water partition coefficient (Wildman–Crippen LogP) is 2.37. The van der Waals surface area contributed by atoms with Gasteiger partial charge in [-0.15, -0.1) is 23.7 Å². The van der Waals surface area contributed by atoms with Crippen molar-refractivity contribution in [3.63, 3.8) is 0 Å². The van der Waals surface area contributed by atoms with Gasteiger partial charge in [-0.3, -0.25) is 0 Å². The minimum absolute atomic E-state index is 0. The van der Waals surface area contributed by atoms with Gasteiger partial charge in [0.25, 0.3) is 0 Å². The van der Waals surface area contributed by atoms with E-state index >= 15 is 0 Å². The van der Waals surface area contributed by atoms with Gasteiger partial charge in [0.2, 0.25) is 10.0 Å². The lowest BCUT2D eigenvalue weighted by Gasteiger charge is -2.37. The summed E-state index contributed by atoms with van der Waals surface area (Å²) < 4.78 is 33.3. The van der Waals surface area contributed by atoms with Crippen molar-refractivity contribution in [3.8, 4) is 0 Å². The zero-order valence-corrected chi connectivity index (χ0v) is 15.9. The van der Waals surface area contributed by atoms with E-state index in [2.05, 4.69) is 15.9 Å². The third-order valence-electron chi connectivity index (χ3n) is 3.65. The highest BCUT2D eigenvalue weighted by molar-refractivity contribution is 9.11. The number of halogens is 2. The Hall–Kier alpha value is 0.300. The molecule has 0 aromatic carbocycles. The number of piperidine rings is 1. The number of hydrogen-bond acceptors (Lipinski definition) is 5. The number of methoxy groups -OCH3 is 1. The highest BCUT2D eigenvalue weighted by Crippen LogP contribution is 2.34. The summed E-state index contributed by atoms with van der Waals surface area (Å²) in [5.41, 5.74) is 5.76. The van der Waals surface area contributed by atoms with Gasteiger partial charge < -0.3 is 10.5 Å². The molecule has 0 radical (unpaired) electrons. The van der Waals surface area contributed by atoms with Crippen LogP contribution in [0.4, 0.5) is 0 Å². The highest BCUT2D eigenvalue weighted by atomic mass is 79.9. The lowest BCUT2D eigenvalue weighted by Crippen LogP contribution is -2.51. The number of hydrogen-bond donors (Lipinski definition) is 1. The summed E-state index contributed by atoms with van der Waals surface area (Å²) in [5.74, 6) is 0. The van der Waals surface area contributed by atoms with Crippen LogP contribution in [0.1, 0.15) is 17.7 Å². The van der Waals surface area contributed by atoms with Crippen molar-refractivity contribution in [2.24, 2.45) is 5.73 Å². The molecular weight excluding hydrogens is 400 g/mol. The van der Waals surface area contributed by atoms with Crippen molar-refractivity contribution in [1.29, 1.82) is 0 Å². The SMILES string of the molecule is COC1CCN(S(=O)(=O)c2cc(Br)sc2C)C(CN)C1.Cl. The molecule has 0 spiro atoms. The average Bonchev–Trinajstić information content (AvgIpc) is 2.77. The number of ether oxygens (including phenoxy) is 1. The smallest absolute Gasteiger partial charge is 0.244 e. The summed E-state index contributed by atoms with van der Waals surface area (Å²) >= 11 is 4.77. The van der Waals surface area contributed by atoms with E-state index in [0.717, 1.165) is 8.66 Å². The molecule has 2 unspecified atom stereocenters. The molecule has 0 bridgehead atoms. The van der Waals surface area contributed by atoms with Gasteiger partial charge in [-0.05, 0) is 41.8 Å². The number of thiophene rings is 1. The van der Waals surface area contributed by atoms with E-state index in [9.17, 15) is 8.42 Å². The summed E-state index contributed by atoms with van der Waals surface area (Å²) in [6.45, 7) is 2.58. The van der Waals surface area contributed by atoms with Gasteiger partial charge in [-0.1, -0.05) is 0 Å². The van der Waals surface area contributed by atoms with Crippen LogP contribution in [-0.2, 0) is 14.8 Å². The molecule has 1 aliphatic heterocycles. The normalized spacial score (nSPS) is 23.8. The highest BCUT2D eigenvalue weighted by Gasteiger charge is 2.37. The molecule has 21 heavy (non-hydrogen) atoms. The third kappa shape index (κ3) is 3.99. The monoisotopic (exact) mass is 418 g/mol. The third-order valence-corrected chi connectivity index (χ3v) is 7.41. The molecule has 0 aliphatic carbocycles. The largest absolute Gasteiger partial charge is 0.381 e. The number of nitrogens with two attached hydrogens (primary N) is 1. The number of rotatable bonds is 4. The van der Waals surface area contributed by atoms with E-state index in [0.29, 0.717) is 30.8 Å². The number of aryl methyl sites for hydroxylation is 1. The van der Waals surface area contributed by atoms with Crippen LogP contribution in [0, 0.1) is 6.92 Å². The Bertz CT molecular complexity index is 579. The van der Waals surface area contributed by atoms with Crippen molar-refractivity contribution >= 4 is 49.7 Å². The molecule has 1 fully saturated rings. The second-order valence-electron chi connectivity index (χ2n) is 4.86. The van der Waals surface area contributed by atoms with Crippen molar-refractivity contribution in [3.05, 3.63) is 14.7 Å². The molecule has 1 aliphatic rings. The van der Waals surface area contributed by atoms with Gasteiger partial charge >= 0.3 is 0 Å². The molecule has 9 heteroatoms. The molecule has 5 nitrogen and oxygen atoms in total. The molecule has 1 aromatic rings. The first-order chi connectivity index (χ1) is 9.40. The minimum atomic E-state index is -3.49. The molecule has 122 valence electrons. The van der Waals surface area contributed by atoms with Crippen LogP contribution in [0.15, 0.2) is 14.7 Å². The Morgan fingerprint density at radius 3 is 2.71 bits per heavy atom. The van der Waals surface area contributed by atoms with E-state index in [1.54, 1.807) is 13.2 Å². The van der Waals surface area contributed by atoms with E-state index in [-0.39, 0.29) is 24.6 Å². The second kappa shape index (κ2) is 7.72. The van der Waals surface area contributed by atoms with Gasteiger partial charge in [-0.25, -0.2) is 8.42 Å². The first kappa shape index (κ1) is 19.3. The minimum Gasteiger partial charge on any atom is -0.381 e. The van der Waals surface area contributed by atoms with Crippen LogP contribution < -0.4 is 5.73 Å². The average molecular weight is 420 g/mol. The molecule has 1 aromatic heterocycles. The van der Waals surface area contributed by atoms with Gasteiger partial charge in [0, 0.05) is 31.1 Å². The molecule has 2 rings (SSSR count). The van der Waals surface area contributed by atoms with Crippen LogP contribution in [-0.4, -0.2) is 45.1 Å². The maximum atomic E-state index is 12.8. The Morgan fingerprint density at radius 1 is 1.57 bits per heavy atom. The lowest BCUT2D eigenvalue weighted by molar-refractivity contribution is 0.0401. The van der Waals surface area contributed by atoms with Crippen LogP contribution in [0.2, 0.25) is 0 Å².